The third-order valence-electron chi connectivity index (χ3n) is 4.99. The van der Waals surface area contributed by atoms with Gasteiger partial charge in [0.25, 0.3) is 5.91 Å². The first kappa shape index (κ1) is 20.8. The van der Waals surface area contributed by atoms with Crippen LogP contribution in [0.2, 0.25) is 0 Å². The first-order valence-corrected chi connectivity index (χ1v) is 9.92. The van der Waals surface area contributed by atoms with Crippen LogP contribution < -0.4 is 4.90 Å². The zero-order valence-corrected chi connectivity index (χ0v) is 17.5. The number of hydrogen-bond acceptors (Lipinski definition) is 3. The minimum atomic E-state index is -0.779. The lowest BCUT2D eigenvalue weighted by Gasteiger charge is -2.30. The molecule has 0 spiro atoms. The van der Waals surface area contributed by atoms with Gasteiger partial charge >= 0.3 is 0 Å². The minimum Gasteiger partial charge on any atom is -0.326 e. The molecule has 5 heteroatoms. The zero-order valence-electron chi connectivity index (χ0n) is 17.5. The SMILES string of the molecule is Cc1ccc(CN(C(=O)CC(C)(C)C)C2CC(=O)N(c3ccccc3)C2=O)cc1. The number of benzene rings is 2. The molecule has 2 aromatic rings. The number of carbonyl (C=O) groups excluding carboxylic acids is 3. The number of nitrogens with zero attached hydrogens (tertiary/aromatic N) is 2. The molecule has 0 aliphatic carbocycles. The highest BCUT2D eigenvalue weighted by molar-refractivity contribution is 6.23. The summed E-state index contributed by atoms with van der Waals surface area (Å²) in [6.45, 7) is 8.29. The number of carbonyl (C=O) groups is 3. The molecule has 0 bridgehead atoms. The molecule has 152 valence electrons. The lowest BCUT2D eigenvalue weighted by molar-refractivity contribution is -0.140. The molecule has 29 heavy (non-hydrogen) atoms. The topological polar surface area (TPSA) is 57.7 Å². The fourth-order valence-electron chi connectivity index (χ4n) is 3.53. The average Bonchev–Trinajstić information content (AvgIpc) is 2.94. The molecule has 0 radical (unpaired) electrons. The Bertz CT molecular complexity index is 898. The second-order valence-corrected chi connectivity index (χ2v) is 8.87. The molecular formula is C24H28N2O3. The van der Waals surface area contributed by atoms with Gasteiger partial charge in [-0.25, -0.2) is 4.90 Å². The van der Waals surface area contributed by atoms with Crippen molar-refractivity contribution in [3.63, 3.8) is 0 Å². The van der Waals surface area contributed by atoms with Gasteiger partial charge in [0.2, 0.25) is 11.8 Å². The van der Waals surface area contributed by atoms with Crippen molar-refractivity contribution in [3.8, 4) is 0 Å². The molecule has 2 aromatic carbocycles. The van der Waals surface area contributed by atoms with Crippen LogP contribution in [0.15, 0.2) is 54.6 Å². The molecule has 1 unspecified atom stereocenters. The van der Waals surface area contributed by atoms with Crippen molar-refractivity contribution in [2.75, 3.05) is 4.90 Å². The van der Waals surface area contributed by atoms with Gasteiger partial charge in [-0.2, -0.15) is 0 Å². The number of anilines is 1. The fraction of sp³-hybridized carbons (Fsp3) is 0.375. The summed E-state index contributed by atoms with van der Waals surface area (Å²) in [4.78, 5) is 41.8. The van der Waals surface area contributed by atoms with Gasteiger partial charge in [0, 0.05) is 13.0 Å². The summed E-state index contributed by atoms with van der Waals surface area (Å²) < 4.78 is 0. The summed E-state index contributed by atoms with van der Waals surface area (Å²) in [6.07, 6.45) is 0.317. The van der Waals surface area contributed by atoms with E-state index in [2.05, 4.69) is 0 Å². The molecule has 3 amide bonds. The van der Waals surface area contributed by atoms with Crippen molar-refractivity contribution in [3.05, 3.63) is 65.7 Å². The predicted octanol–water partition coefficient (Wildman–Crippen LogP) is 4.09. The first-order valence-electron chi connectivity index (χ1n) is 9.92. The van der Waals surface area contributed by atoms with Gasteiger partial charge in [-0.3, -0.25) is 14.4 Å². The van der Waals surface area contributed by atoms with Crippen LogP contribution in [0.1, 0.15) is 44.7 Å². The van der Waals surface area contributed by atoms with Crippen molar-refractivity contribution in [1.82, 2.24) is 4.90 Å². The molecule has 1 aliphatic heterocycles. The quantitative estimate of drug-likeness (QED) is 0.720. The predicted molar refractivity (Wildman–Crippen MR) is 113 cm³/mol. The fourth-order valence-corrected chi connectivity index (χ4v) is 3.53. The van der Waals surface area contributed by atoms with Gasteiger partial charge in [-0.1, -0.05) is 68.8 Å². The third kappa shape index (κ3) is 4.91. The molecule has 5 nitrogen and oxygen atoms in total. The van der Waals surface area contributed by atoms with Crippen molar-refractivity contribution >= 4 is 23.4 Å². The number of amides is 3. The van der Waals surface area contributed by atoms with E-state index in [1.54, 1.807) is 29.2 Å². The highest BCUT2D eigenvalue weighted by Crippen LogP contribution is 2.29. The average molecular weight is 392 g/mol. The van der Waals surface area contributed by atoms with Crippen molar-refractivity contribution in [2.45, 2.75) is 53.1 Å². The summed E-state index contributed by atoms with van der Waals surface area (Å²) in [5.41, 5.74) is 2.40. The maximum Gasteiger partial charge on any atom is 0.257 e. The van der Waals surface area contributed by atoms with Gasteiger partial charge in [0.05, 0.1) is 12.1 Å². The molecule has 0 N–H and O–H groups in total. The summed E-state index contributed by atoms with van der Waals surface area (Å²) in [6, 6.07) is 16.0. The van der Waals surface area contributed by atoms with E-state index in [9.17, 15) is 14.4 Å². The van der Waals surface area contributed by atoms with Crippen LogP contribution in [0, 0.1) is 12.3 Å². The maximum atomic E-state index is 13.2. The van der Waals surface area contributed by atoms with Crippen LogP contribution in [0.4, 0.5) is 5.69 Å². The van der Waals surface area contributed by atoms with Crippen LogP contribution in [-0.4, -0.2) is 28.7 Å². The van der Waals surface area contributed by atoms with Gasteiger partial charge in [0.15, 0.2) is 0 Å². The second kappa shape index (κ2) is 8.19. The Morgan fingerprint density at radius 3 is 2.24 bits per heavy atom. The number of para-hydroxylation sites is 1. The van der Waals surface area contributed by atoms with E-state index in [0.29, 0.717) is 18.7 Å². The van der Waals surface area contributed by atoms with Crippen LogP contribution in [0.5, 0.6) is 0 Å². The Morgan fingerprint density at radius 1 is 1.03 bits per heavy atom. The normalized spacial score (nSPS) is 17.0. The summed E-state index contributed by atoms with van der Waals surface area (Å²) >= 11 is 0. The van der Waals surface area contributed by atoms with Gasteiger partial charge < -0.3 is 4.90 Å². The van der Waals surface area contributed by atoms with Gasteiger partial charge in [-0.05, 0) is 30.0 Å². The zero-order chi connectivity index (χ0) is 21.2. The molecule has 1 heterocycles. The van der Waals surface area contributed by atoms with Gasteiger partial charge in [0.1, 0.15) is 6.04 Å². The van der Waals surface area contributed by atoms with Gasteiger partial charge in [-0.15, -0.1) is 0 Å². The lowest BCUT2D eigenvalue weighted by Crippen LogP contribution is -2.46. The monoisotopic (exact) mass is 392 g/mol. The van der Waals surface area contributed by atoms with E-state index < -0.39 is 6.04 Å². The summed E-state index contributed by atoms with van der Waals surface area (Å²) in [5.74, 6) is -0.724. The number of imide groups is 1. The van der Waals surface area contributed by atoms with E-state index in [1.807, 2.05) is 58.0 Å². The Balaban J connectivity index is 1.90. The number of hydrogen-bond donors (Lipinski definition) is 0. The van der Waals surface area contributed by atoms with E-state index in [4.69, 9.17) is 0 Å². The molecule has 0 aromatic heterocycles. The summed E-state index contributed by atoms with van der Waals surface area (Å²) in [5, 5.41) is 0. The lowest BCUT2D eigenvalue weighted by atomic mass is 9.91. The molecule has 1 atom stereocenters. The van der Waals surface area contributed by atoms with Crippen LogP contribution in [-0.2, 0) is 20.9 Å². The van der Waals surface area contributed by atoms with Crippen molar-refractivity contribution in [1.29, 1.82) is 0 Å². The first-order chi connectivity index (χ1) is 13.7. The highest BCUT2D eigenvalue weighted by Gasteiger charge is 2.44. The molecule has 1 saturated heterocycles. The molecule has 1 aliphatic rings. The molecule has 1 fully saturated rings. The van der Waals surface area contributed by atoms with Crippen molar-refractivity contribution in [2.24, 2.45) is 5.41 Å². The van der Waals surface area contributed by atoms with Crippen LogP contribution >= 0.6 is 0 Å². The Hall–Kier alpha value is -2.95. The Labute approximate surface area is 172 Å². The largest absolute Gasteiger partial charge is 0.326 e. The van der Waals surface area contributed by atoms with Crippen LogP contribution in [0.25, 0.3) is 0 Å². The minimum absolute atomic E-state index is 0.00940. The smallest absolute Gasteiger partial charge is 0.257 e. The second-order valence-electron chi connectivity index (χ2n) is 8.87. The molecular weight excluding hydrogens is 364 g/mol. The standard InChI is InChI=1S/C24H28N2O3/c1-17-10-12-18(13-11-17)16-25(22(28)15-24(2,3)4)20-14-21(27)26(23(20)29)19-8-6-5-7-9-19/h5-13,20H,14-16H2,1-4H3. The van der Waals surface area contributed by atoms with Crippen LogP contribution in [0.3, 0.4) is 0 Å². The van der Waals surface area contributed by atoms with E-state index in [0.717, 1.165) is 11.1 Å². The summed E-state index contributed by atoms with van der Waals surface area (Å²) in [7, 11) is 0. The third-order valence-corrected chi connectivity index (χ3v) is 4.99. The van der Waals surface area contributed by atoms with E-state index >= 15 is 0 Å². The Morgan fingerprint density at radius 2 is 1.66 bits per heavy atom. The highest BCUT2D eigenvalue weighted by atomic mass is 16.2. The molecule has 3 rings (SSSR count). The maximum absolute atomic E-state index is 13.2. The molecule has 0 saturated carbocycles. The van der Waals surface area contributed by atoms with Crippen molar-refractivity contribution < 1.29 is 14.4 Å². The van der Waals surface area contributed by atoms with E-state index in [-0.39, 0.29) is 29.6 Å². The number of rotatable bonds is 5. The number of aryl methyl sites for hydroxylation is 1. The Kier molecular flexibility index (Phi) is 5.87. The van der Waals surface area contributed by atoms with E-state index in [1.165, 1.54) is 4.90 Å².